The van der Waals surface area contributed by atoms with Crippen molar-refractivity contribution in [1.82, 2.24) is 0 Å². The average Bonchev–Trinajstić information content (AvgIpc) is 2.40. The van der Waals surface area contributed by atoms with E-state index in [9.17, 15) is 0 Å². The zero-order chi connectivity index (χ0) is 12.1. The third-order valence-corrected chi connectivity index (χ3v) is 3.24. The van der Waals surface area contributed by atoms with Crippen molar-refractivity contribution in [3.63, 3.8) is 0 Å². The standard InChI is InChI=1S/C14H15NOS/c1-16-12-8-9-13(14(10-12)17-2)15-11-6-4-3-5-7-11/h3-10,15H,1-2H3. The number of anilines is 2. The Morgan fingerprint density at radius 2 is 1.82 bits per heavy atom. The predicted molar refractivity (Wildman–Crippen MR) is 74.5 cm³/mol. The largest absolute Gasteiger partial charge is 0.497 e. The van der Waals surface area contributed by atoms with Crippen molar-refractivity contribution < 1.29 is 4.74 Å². The van der Waals surface area contributed by atoms with E-state index in [4.69, 9.17) is 4.74 Å². The molecule has 0 amide bonds. The molecule has 0 saturated carbocycles. The summed E-state index contributed by atoms with van der Waals surface area (Å²) in [5, 5.41) is 3.40. The highest BCUT2D eigenvalue weighted by Gasteiger charge is 2.03. The van der Waals surface area contributed by atoms with Gasteiger partial charge < -0.3 is 10.1 Å². The van der Waals surface area contributed by atoms with Crippen molar-refractivity contribution in [1.29, 1.82) is 0 Å². The lowest BCUT2D eigenvalue weighted by atomic mass is 10.2. The van der Waals surface area contributed by atoms with E-state index in [-0.39, 0.29) is 0 Å². The number of hydrogen-bond donors (Lipinski definition) is 1. The lowest BCUT2D eigenvalue weighted by molar-refractivity contribution is 0.414. The van der Waals surface area contributed by atoms with Crippen LogP contribution in [0.5, 0.6) is 5.75 Å². The maximum atomic E-state index is 5.22. The predicted octanol–water partition coefficient (Wildman–Crippen LogP) is 4.16. The fourth-order valence-electron chi connectivity index (χ4n) is 1.58. The van der Waals surface area contributed by atoms with Gasteiger partial charge in [0.1, 0.15) is 5.75 Å². The Kier molecular flexibility index (Phi) is 3.94. The number of rotatable bonds is 4. The summed E-state index contributed by atoms with van der Waals surface area (Å²) in [6.07, 6.45) is 2.06. The summed E-state index contributed by atoms with van der Waals surface area (Å²) in [5.74, 6) is 0.882. The number of hydrogen-bond acceptors (Lipinski definition) is 3. The van der Waals surface area contributed by atoms with Gasteiger partial charge in [-0.15, -0.1) is 11.8 Å². The Bertz CT molecular complexity index is 485. The molecule has 0 bridgehead atoms. The van der Waals surface area contributed by atoms with Crippen LogP contribution in [-0.4, -0.2) is 13.4 Å². The Labute approximate surface area is 106 Å². The lowest BCUT2D eigenvalue weighted by Gasteiger charge is -2.11. The van der Waals surface area contributed by atoms with Gasteiger partial charge in [-0.3, -0.25) is 0 Å². The first kappa shape index (κ1) is 11.9. The molecule has 2 aromatic carbocycles. The van der Waals surface area contributed by atoms with Gasteiger partial charge in [0, 0.05) is 10.6 Å². The molecule has 88 valence electrons. The minimum absolute atomic E-state index is 0.882. The lowest BCUT2D eigenvalue weighted by Crippen LogP contribution is -1.93. The molecule has 0 unspecified atom stereocenters. The van der Waals surface area contributed by atoms with Crippen LogP contribution in [0.15, 0.2) is 53.4 Å². The maximum absolute atomic E-state index is 5.22. The van der Waals surface area contributed by atoms with Crippen molar-refractivity contribution in [3.05, 3.63) is 48.5 Å². The summed E-state index contributed by atoms with van der Waals surface area (Å²) in [6.45, 7) is 0. The van der Waals surface area contributed by atoms with E-state index < -0.39 is 0 Å². The summed E-state index contributed by atoms with van der Waals surface area (Å²) >= 11 is 1.70. The molecule has 0 aliphatic carbocycles. The minimum atomic E-state index is 0.882. The van der Waals surface area contributed by atoms with Gasteiger partial charge in [0.25, 0.3) is 0 Å². The van der Waals surface area contributed by atoms with Gasteiger partial charge in [0.05, 0.1) is 12.8 Å². The molecule has 0 aliphatic rings. The first-order chi connectivity index (χ1) is 8.33. The molecule has 17 heavy (non-hydrogen) atoms. The second-order valence-electron chi connectivity index (χ2n) is 3.56. The number of para-hydroxylation sites is 1. The third kappa shape index (κ3) is 2.94. The topological polar surface area (TPSA) is 21.3 Å². The Hall–Kier alpha value is -1.61. The van der Waals surface area contributed by atoms with Gasteiger partial charge in [0.2, 0.25) is 0 Å². The van der Waals surface area contributed by atoms with Gasteiger partial charge in [-0.2, -0.15) is 0 Å². The summed E-state index contributed by atoms with van der Waals surface area (Å²) in [4.78, 5) is 1.17. The van der Waals surface area contributed by atoms with Gasteiger partial charge in [0.15, 0.2) is 0 Å². The zero-order valence-electron chi connectivity index (χ0n) is 9.94. The number of benzene rings is 2. The number of nitrogens with one attached hydrogen (secondary N) is 1. The highest BCUT2D eigenvalue weighted by atomic mass is 32.2. The van der Waals surface area contributed by atoms with E-state index in [1.54, 1.807) is 18.9 Å². The molecule has 0 heterocycles. The first-order valence-electron chi connectivity index (χ1n) is 5.37. The van der Waals surface area contributed by atoms with Crippen molar-refractivity contribution in [3.8, 4) is 5.75 Å². The second-order valence-corrected chi connectivity index (χ2v) is 4.41. The van der Waals surface area contributed by atoms with Crippen LogP contribution in [0.25, 0.3) is 0 Å². The molecule has 0 fully saturated rings. The molecule has 1 N–H and O–H groups in total. The van der Waals surface area contributed by atoms with Crippen LogP contribution < -0.4 is 10.1 Å². The Balaban J connectivity index is 2.26. The molecule has 2 nitrogen and oxygen atoms in total. The molecule has 2 rings (SSSR count). The van der Waals surface area contributed by atoms with Crippen molar-refractivity contribution in [2.75, 3.05) is 18.7 Å². The monoisotopic (exact) mass is 245 g/mol. The van der Waals surface area contributed by atoms with Gasteiger partial charge in [-0.1, -0.05) is 18.2 Å². The SMILES string of the molecule is COc1ccc(Nc2ccccc2)c(SC)c1. The summed E-state index contributed by atoms with van der Waals surface area (Å²) in [7, 11) is 1.68. The molecule has 0 atom stereocenters. The van der Waals surface area contributed by atoms with Crippen LogP contribution in [0.3, 0.4) is 0 Å². The quantitative estimate of drug-likeness (QED) is 0.817. The molecule has 3 heteroatoms. The van der Waals surface area contributed by atoms with Gasteiger partial charge >= 0.3 is 0 Å². The van der Waals surface area contributed by atoms with E-state index in [0.29, 0.717) is 0 Å². The maximum Gasteiger partial charge on any atom is 0.120 e. The smallest absolute Gasteiger partial charge is 0.120 e. The summed E-state index contributed by atoms with van der Waals surface area (Å²) in [5.41, 5.74) is 2.19. The van der Waals surface area contributed by atoms with Crippen LogP contribution in [0.4, 0.5) is 11.4 Å². The van der Waals surface area contributed by atoms with E-state index in [1.165, 1.54) is 4.90 Å². The van der Waals surface area contributed by atoms with Crippen LogP contribution in [-0.2, 0) is 0 Å². The number of ether oxygens (including phenoxy) is 1. The molecule has 0 radical (unpaired) electrons. The summed E-state index contributed by atoms with van der Waals surface area (Å²) in [6, 6.07) is 16.2. The molecule has 0 aromatic heterocycles. The molecule has 0 saturated heterocycles. The molecule has 0 spiro atoms. The van der Waals surface area contributed by atoms with E-state index >= 15 is 0 Å². The normalized spacial score (nSPS) is 10.0. The molecular formula is C14H15NOS. The van der Waals surface area contributed by atoms with Crippen LogP contribution in [0, 0.1) is 0 Å². The van der Waals surface area contributed by atoms with Crippen molar-refractivity contribution in [2.24, 2.45) is 0 Å². The van der Waals surface area contributed by atoms with Crippen molar-refractivity contribution in [2.45, 2.75) is 4.90 Å². The molecular weight excluding hydrogens is 230 g/mol. The first-order valence-corrected chi connectivity index (χ1v) is 6.60. The zero-order valence-corrected chi connectivity index (χ0v) is 10.8. The van der Waals surface area contributed by atoms with Crippen LogP contribution in [0.1, 0.15) is 0 Å². The molecule has 0 aliphatic heterocycles. The Morgan fingerprint density at radius 3 is 2.47 bits per heavy atom. The highest BCUT2D eigenvalue weighted by molar-refractivity contribution is 7.98. The van der Waals surface area contributed by atoms with E-state index in [1.807, 2.05) is 48.5 Å². The number of methoxy groups -OCH3 is 1. The van der Waals surface area contributed by atoms with Crippen LogP contribution in [0.2, 0.25) is 0 Å². The molecule has 2 aromatic rings. The highest BCUT2D eigenvalue weighted by Crippen LogP contribution is 2.31. The van der Waals surface area contributed by atoms with Gasteiger partial charge in [-0.25, -0.2) is 0 Å². The number of thioether (sulfide) groups is 1. The summed E-state index contributed by atoms with van der Waals surface area (Å²) < 4.78 is 5.22. The third-order valence-electron chi connectivity index (χ3n) is 2.46. The van der Waals surface area contributed by atoms with Crippen LogP contribution >= 0.6 is 11.8 Å². The fraction of sp³-hybridized carbons (Fsp3) is 0.143. The second kappa shape index (κ2) is 5.64. The van der Waals surface area contributed by atoms with E-state index in [0.717, 1.165) is 17.1 Å². The average molecular weight is 245 g/mol. The Morgan fingerprint density at radius 1 is 1.06 bits per heavy atom. The van der Waals surface area contributed by atoms with Crippen molar-refractivity contribution >= 4 is 23.1 Å². The fourth-order valence-corrected chi connectivity index (χ4v) is 2.15. The van der Waals surface area contributed by atoms with Gasteiger partial charge in [-0.05, 0) is 36.6 Å². The van der Waals surface area contributed by atoms with E-state index in [2.05, 4.69) is 11.6 Å². The minimum Gasteiger partial charge on any atom is -0.497 e.